The van der Waals surface area contributed by atoms with Crippen LogP contribution in [0.1, 0.15) is 11.1 Å². The fourth-order valence-corrected chi connectivity index (χ4v) is 2.39. The van der Waals surface area contributed by atoms with Gasteiger partial charge in [-0.3, -0.25) is 10.4 Å². The fraction of sp³-hybridized carbons (Fsp3) is 0.143. The van der Waals surface area contributed by atoms with E-state index >= 15 is 0 Å². The topological polar surface area (TPSA) is 66.0 Å². The second kappa shape index (κ2) is 5.84. The summed E-state index contributed by atoms with van der Waals surface area (Å²) in [6, 6.07) is 9.77. The van der Waals surface area contributed by atoms with Crippen LogP contribution < -0.4 is 10.6 Å². The maximum Gasteiger partial charge on any atom is 0.123 e. The molecule has 0 amide bonds. The molecule has 0 aliphatic carbocycles. The van der Waals surface area contributed by atoms with Crippen molar-refractivity contribution >= 4 is 27.5 Å². The lowest BCUT2D eigenvalue weighted by molar-refractivity contribution is 0.919. The summed E-state index contributed by atoms with van der Waals surface area (Å²) in [5, 5.41) is 7.46. The molecule has 0 atom stereocenters. The minimum Gasteiger partial charge on any atom is -0.384 e. The Bertz CT molecular complexity index is 583. The predicted molar refractivity (Wildman–Crippen MR) is 81.5 cm³/mol. The zero-order valence-electron chi connectivity index (χ0n) is 10.6. The van der Waals surface area contributed by atoms with E-state index in [0.29, 0.717) is 5.56 Å². The number of amidine groups is 1. The highest BCUT2D eigenvalue weighted by Crippen LogP contribution is 2.24. The van der Waals surface area contributed by atoms with Crippen LogP contribution >= 0.6 is 15.9 Å². The number of hydrogen-bond acceptors (Lipinski definition) is 3. The molecule has 0 bridgehead atoms. The fourth-order valence-electron chi connectivity index (χ4n) is 1.81. The molecule has 0 fully saturated rings. The molecule has 5 heteroatoms. The van der Waals surface area contributed by atoms with Gasteiger partial charge in [-0.1, -0.05) is 0 Å². The summed E-state index contributed by atoms with van der Waals surface area (Å²) in [4.78, 5) is 6.14. The summed E-state index contributed by atoms with van der Waals surface area (Å²) in [7, 11) is 2.02. The van der Waals surface area contributed by atoms with Gasteiger partial charge in [-0.2, -0.15) is 0 Å². The summed E-state index contributed by atoms with van der Waals surface area (Å²) in [5.74, 6) is 0.0650. The van der Waals surface area contributed by atoms with Gasteiger partial charge in [0.15, 0.2) is 0 Å². The van der Waals surface area contributed by atoms with Crippen molar-refractivity contribution in [2.45, 2.75) is 6.54 Å². The van der Waals surface area contributed by atoms with E-state index in [1.165, 1.54) is 5.56 Å². The van der Waals surface area contributed by atoms with Crippen LogP contribution in [0.4, 0.5) is 5.69 Å². The Balaban J connectivity index is 2.18. The molecule has 1 heterocycles. The number of nitrogens with zero attached hydrogens (tertiary/aromatic N) is 2. The molecule has 1 aromatic heterocycles. The van der Waals surface area contributed by atoms with E-state index in [2.05, 4.69) is 25.8 Å². The second-order valence-electron chi connectivity index (χ2n) is 4.29. The van der Waals surface area contributed by atoms with Crippen molar-refractivity contribution in [1.82, 2.24) is 4.98 Å². The minimum absolute atomic E-state index is 0.0650. The first-order valence-electron chi connectivity index (χ1n) is 5.82. The largest absolute Gasteiger partial charge is 0.384 e. The van der Waals surface area contributed by atoms with Crippen molar-refractivity contribution in [2.24, 2.45) is 5.73 Å². The smallest absolute Gasteiger partial charge is 0.123 e. The number of nitrogen functional groups attached to an aromatic ring is 1. The van der Waals surface area contributed by atoms with Gasteiger partial charge in [0, 0.05) is 41.7 Å². The quantitative estimate of drug-likeness (QED) is 0.673. The Morgan fingerprint density at radius 1 is 1.32 bits per heavy atom. The van der Waals surface area contributed by atoms with E-state index in [1.54, 1.807) is 12.4 Å². The van der Waals surface area contributed by atoms with Gasteiger partial charge in [0.1, 0.15) is 5.84 Å². The van der Waals surface area contributed by atoms with Crippen LogP contribution in [0.15, 0.2) is 47.2 Å². The van der Waals surface area contributed by atoms with Crippen molar-refractivity contribution < 1.29 is 0 Å². The van der Waals surface area contributed by atoms with Crippen LogP contribution in [0.2, 0.25) is 0 Å². The molecular formula is C14H15BrN4. The summed E-state index contributed by atoms with van der Waals surface area (Å²) in [5.41, 5.74) is 8.47. The normalized spacial score (nSPS) is 10.2. The van der Waals surface area contributed by atoms with Crippen molar-refractivity contribution in [3.63, 3.8) is 0 Å². The van der Waals surface area contributed by atoms with Crippen LogP contribution in [0.3, 0.4) is 0 Å². The van der Waals surface area contributed by atoms with E-state index in [0.717, 1.165) is 16.7 Å². The molecule has 0 saturated carbocycles. The number of benzene rings is 1. The van der Waals surface area contributed by atoms with E-state index in [9.17, 15) is 0 Å². The Hall–Kier alpha value is -1.88. The highest BCUT2D eigenvalue weighted by Gasteiger charge is 2.07. The maximum absolute atomic E-state index is 7.46. The average Bonchev–Trinajstić information content (AvgIpc) is 2.39. The van der Waals surface area contributed by atoms with Crippen LogP contribution in [-0.2, 0) is 6.54 Å². The SMILES string of the molecule is CN(Cc1ccncc1)c1ccc(C(=N)N)c(Br)c1. The van der Waals surface area contributed by atoms with Crippen LogP contribution in [-0.4, -0.2) is 17.9 Å². The first-order chi connectivity index (χ1) is 9.08. The van der Waals surface area contributed by atoms with Gasteiger partial charge < -0.3 is 10.6 Å². The van der Waals surface area contributed by atoms with Crippen molar-refractivity contribution in [1.29, 1.82) is 5.41 Å². The van der Waals surface area contributed by atoms with E-state index in [4.69, 9.17) is 11.1 Å². The number of rotatable bonds is 4. The van der Waals surface area contributed by atoms with Gasteiger partial charge >= 0.3 is 0 Å². The van der Waals surface area contributed by atoms with Gasteiger partial charge in [-0.25, -0.2) is 0 Å². The Labute approximate surface area is 120 Å². The van der Waals surface area contributed by atoms with Gasteiger partial charge in [-0.05, 0) is 51.8 Å². The third kappa shape index (κ3) is 3.32. The van der Waals surface area contributed by atoms with E-state index in [1.807, 2.05) is 37.4 Å². The number of hydrogen-bond donors (Lipinski definition) is 2. The van der Waals surface area contributed by atoms with Gasteiger partial charge in [0.25, 0.3) is 0 Å². The number of aromatic nitrogens is 1. The average molecular weight is 319 g/mol. The molecule has 0 aliphatic heterocycles. The van der Waals surface area contributed by atoms with Gasteiger partial charge in [0.2, 0.25) is 0 Å². The molecule has 3 N–H and O–H groups in total. The van der Waals surface area contributed by atoms with Gasteiger partial charge in [0.05, 0.1) is 0 Å². The third-order valence-electron chi connectivity index (χ3n) is 2.85. The molecule has 2 rings (SSSR count). The van der Waals surface area contributed by atoms with E-state index in [-0.39, 0.29) is 5.84 Å². The number of nitrogens with one attached hydrogen (secondary N) is 1. The number of halogens is 1. The summed E-state index contributed by atoms with van der Waals surface area (Å²) in [6.45, 7) is 0.800. The van der Waals surface area contributed by atoms with E-state index < -0.39 is 0 Å². The molecule has 2 aromatic rings. The van der Waals surface area contributed by atoms with Crippen LogP contribution in [0, 0.1) is 5.41 Å². The number of pyridine rings is 1. The molecule has 0 radical (unpaired) electrons. The highest BCUT2D eigenvalue weighted by atomic mass is 79.9. The maximum atomic E-state index is 7.46. The highest BCUT2D eigenvalue weighted by molar-refractivity contribution is 9.10. The first-order valence-corrected chi connectivity index (χ1v) is 6.61. The van der Waals surface area contributed by atoms with Gasteiger partial charge in [-0.15, -0.1) is 0 Å². The van der Waals surface area contributed by atoms with Crippen molar-refractivity contribution in [3.05, 3.63) is 58.3 Å². The molecule has 98 valence electrons. The molecule has 19 heavy (non-hydrogen) atoms. The molecule has 0 aliphatic rings. The first kappa shape index (κ1) is 13.5. The zero-order chi connectivity index (χ0) is 13.8. The Morgan fingerprint density at radius 2 is 2.00 bits per heavy atom. The van der Waals surface area contributed by atoms with Crippen molar-refractivity contribution in [2.75, 3.05) is 11.9 Å². The predicted octanol–water partition coefficient (Wildman–Crippen LogP) is 2.76. The minimum atomic E-state index is 0.0650. The lowest BCUT2D eigenvalue weighted by atomic mass is 10.1. The standard InChI is InChI=1S/C14H15BrN4/c1-19(9-10-4-6-18-7-5-10)11-2-3-12(14(16)17)13(15)8-11/h2-8H,9H2,1H3,(H3,16,17). The summed E-state index contributed by atoms with van der Waals surface area (Å²) >= 11 is 3.44. The molecular weight excluding hydrogens is 304 g/mol. The van der Waals surface area contributed by atoms with Crippen molar-refractivity contribution in [3.8, 4) is 0 Å². The number of anilines is 1. The summed E-state index contributed by atoms with van der Waals surface area (Å²) in [6.07, 6.45) is 3.58. The summed E-state index contributed by atoms with van der Waals surface area (Å²) < 4.78 is 0.832. The monoisotopic (exact) mass is 318 g/mol. The molecule has 0 unspecified atom stereocenters. The lowest BCUT2D eigenvalue weighted by Crippen LogP contribution is -2.17. The van der Waals surface area contributed by atoms with Crippen LogP contribution in [0.25, 0.3) is 0 Å². The number of nitrogens with two attached hydrogens (primary N) is 1. The second-order valence-corrected chi connectivity index (χ2v) is 5.14. The molecule has 4 nitrogen and oxygen atoms in total. The lowest BCUT2D eigenvalue weighted by Gasteiger charge is -2.20. The Morgan fingerprint density at radius 3 is 2.58 bits per heavy atom. The molecule has 0 saturated heterocycles. The molecule has 0 spiro atoms. The molecule has 1 aromatic carbocycles. The van der Waals surface area contributed by atoms with Crippen LogP contribution in [0.5, 0.6) is 0 Å². The third-order valence-corrected chi connectivity index (χ3v) is 3.51. The Kier molecular flexibility index (Phi) is 4.16. The zero-order valence-corrected chi connectivity index (χ0v) is 12.2.